The van der Waals surface area contributed by atoms with Crippen LogP contribution in [0.3, 0.4) is 0 Å². The fourth-order valence-corrected chi connectivity index (χ4v) is 6.87. The van der Waals surface area contributed by atoms with E-state index in [1.807, 2.05) is 31.2 Å². The molecule has 49 heavy (non-hydrogen) atoms. The number of carbonyl (C=O) groups excluding carboxylic acids is 2. The van der Waals surface area contributed by atoms with Crippen molar-refractivity contribution < 1.29 is 48.0 Å². The normalized spacial score (nSPS) is 26.5. The zero-order valence-corrected chi connectivity index (χ0v) is 27.5. The standard InChI is InChI=1S/C36H40N2O11/c1-4-37(36(41)47-19-27-25-14-8-6-12-23(25)24-13-7-9-15-26(24)27)29-20-45-31(17-30(29)44-3)49-34-33(40)32(39)21(2)48-35(34)46-18-22-11-5-10-16-28(22)38(42)43/h5-16,21,27,29-31,33-35,40H,4,17-20H2,1-3H3/t21-,29+,30+,31+,33+,34-,35-/m1/s1. The summed E-state index contributed by atoms with van der Waals surface area (Å²) in [6, 6.07) is 21.8. The van der Waals surface area contributed by atoms with Crippen molar-refractivity contribution >= 4 is 17.6 Å². The topological polar surface area (TPSA) is 156 Å². The van der Waals surface area contributed by atoms with E-state index in [1.54, 1.807) is 23.1 Å². The molecule has 260 valence electrons. The molecule has 13 nitrogen and oxygen atoms in total. The minimum atomic E-state index is -1.60. The van der Waals surface area contributed by atoms with Crippen LogP contribution in [0.15, 0.2) is 72.8 Å². The largest absolute Gasteiger partial charge is 0.448 e. The summed E-state index contributed by atoms with van der Waals surface area (Å²) in [5.74, 6) is -0.689. The molecule has 0 unspecified atom stereocenters. The Kier molecular flexibility index (Phi) is 10.7. The lowest BCUT2D eigenvalue weighted by Gasteiger charge is -2.43. The van der Waals surface area contributed by atoms with Gasteiger partial charge in [-0.2, -0.15) is 0 Å². The molecule has 2 aliphatic heterocycles. The van der Waals surface area contributed by atoms with Crippen LogP contribution in [0.4, 0.5) is 10.5 Å². The van der Waals surface area contributed by atoms with Crippen molar-refractivity contribution in [3.05, 3.63) is 99.6 Å². The van der Waals surface area contributed by atoms with Gasteiger partial charge in [-0.3, -0.25) is 14.9 Å². The van der Waals surface area contributed by atoms with E-state index in [4.69, 9.17) is 28.4 Å². The number of ketones is 1. The van der Waals surface area contributed by atoms with Crippen molar-refractivity contribution in [3.63, 3.8) is 0 Å². The first kappa shape index (κ1) is 34.6. The Morgan fingerprint density at radius 3 is 2.35 bits per heavy atom. The van der Waals surface area contributed by atoms with Crippen molar-refractivity contribution in [2.45, 2.75) is 75.8 Å². The number of methoxy groups -OCH3 is 1. The van der Waals surface area contributed by atoms with Crippen LogP contribution in [0.25, 0.3) is 11.1 Å². The monoisotopic (exact) mass is 676 g/mol. The van der Waals surface area contributed by atoms with Gasteiger partial charge >= 0.3 is 6.09 Å². The van der Waals surface area contributed by atoms with E-state index in [0.29, 0.717) is 6.54 Å². The average Bonchev–Trinajstić information content (AvgIpc) is 3.44. The number of aliphatic hydroxyl groups excluding tert-OH is 1. The van der Waals surface area contributed by atoms with Crippen molar-refractivity contribution in [1.29, 1.82) is 0 Å². The Balaban J connectivity index is 1.10. The lowest BCUT2D eigenvalue weighted by Crippen LogP contribution is -2.59. The highest BCUT2D eigenvalue weighted by Crippen LogP contribution is 2.44. The molecule has 1 aliphatic carbocycles. The number of aliphatic hydroxyl groups is 1. The van der Waals surface area contributed by atoms with Gasteiger partial charge in [-0.05, 0) is 42.2 Å². The molecule has 2 fully saturated rings. The molecule has 1 amide bonds. The summed E-state index contributed by atoms with van der Waals surface area (Å²) in [6.07, 6.45) is -6.98. The van der Waals surface area contributed by atoms with Crippen molar-refractivity contribution in [2.24, 2.45) is 0 Å². The summed E-state index contributed by atoms with van der Waals surface area (Å²) < 4.78 is 35.4. The van der Waals surface area contributed by atoms with Gasteiger partial charge in [0.15, 0.2) is 18.4 Å². The van der Waals surface area contributed by atoms with Gasteiger partial charge in [-0.1, -0.05) is 60.7 Å². The Morgan fingerprint density at radius 1 is 1.04 bits per heavy atom. The number of ether oxygens (including phenoxy) is 6. The molecule has 2 heterocycles. The lowest BCUT2D eigenvalue weighted by molar-refractivity contribution is -0.386. The summed E-state index contributed by atoms with van der Waals surface area (Å²) in [6.45, 7) is 3.62. The molecule has 0 spiro atoms. The van der Waals surface area contributed by atoms with Gasteiger partial charge in [-0.25, -0.2) is 4.79 Å². The van der Waals surface area contributed by atoms with Crippen LogP contribution in [0.1, 0.15) is 42.9 Å². The number of benzene rings is 3. The van der Waals surface area contributed by atoms with Gasteiger partial charge in [0, 0.05) is 32.1 Å². The lowest BCUT2D eigenvalue weighted by atomic mass is 9.98. The first-order valence-electron chi connectivity index (χ1n) is 16.3. The van der Waals surface area contributed by atoms with Crippen LogP contribution in [-0.4, -0.2) is 96.7 Å². The van der Waals surface area contributed by atoms with Crippen molar-refractivity contribution in [1.82, 2.24) is 4.90 Å². The van der Waals surface area contributed by atoms with E-state index >= 15 is 0 Å². The van der Waals surface area contributed by atoms with Gasteiger partial charge in [-0.15, -0.1) is 0 Å². The number of hydrogen-bond acceptors (Lipinski definition) is 11. The highest BCUT2D eigenvalue weighted by Gasteiger charge is 2.47. The summed E-state index contributed by atoms with van der Waals surface area (Å²) in [5.41, 5.74) is 4.65. The van der Waals surface area contributed by atoms with E-state index < -0.39 is 59.8 Å². The molecule has 3 aromatic rings. The van der Waals surface area contributed by atoms with Crippen LogP contribution < -0.4 is 0 Å². The maximum absolute atomic E-state index is 13.5. The molecule has 1 N–H and O–H groups in total. The number of para-hydroxylation sites is 1. The number of nitro groups is 1. The van der Waals surface area contributed by atoms with Crippen LogP contribution in [0, 0.1) is 10.1 Å². The Hall–Kier alpha value is -4.24. The van der Waals surface area contributed by atoms with E-state index in [-0.39, 0.29) is 43.4 Å². The summed E-state index contributed by atoms with van der Waals surface area (Å²) in [7, 11) is 1.52. The molecule has 3 aliphatic rings. The molecule has 6 rings (SSSR count). The predicted molar refractivity (Wildman–Crippen MR) is 174 cm³/mol. The second-order valence-electron chi connectivity index (χ2n) is 12.2. The van der Waals surface area contributed by atoms with Crippen LogP contribution in [0.5, 0.6) is 0 Å². The first-order chi connectivity index (χ1) is 23.7. The fraction of sp³-hybridized carbons (Fsp3) is 0.444. The molecule has 0 bridgehead atoms. The maximum atomic E-state index is 13.5. The molecule has 13 heteroatoms. The zero-order chi connectivity index (χ0) is 34.7. The number of nitro benzene ring substituents is 1. The number of fused-ring (bicyclic) bond motifs is 3. The van der Waals surface area contributed by atoms with Crippen LogP contribution >= 0.6 is 0 Å². The number of rotatable bonds is 11. The number of hydrogen-bond donors (Lipinski definition) is 1. The van der Waals surface area contributed by atoms with Gasteiger partial charge < -0.3 is 38.4 Å². The smallest absolute Gasteiger partial charge is 0.410 e. The number of likely N-dealkylation sites (N-methyl/N-ethyl adjacent to an activating group) is 1. The molecule has 0 radical (unpaired) electrons. The molecule has 2 saturated heterocycles. The second kappa shape index (κ2) is 15.1. The molecular formula is C36H40N2O11. The van der Waals surface area contributed by atoms with Crippen LogP contribution in [0.2, 0.25) is 0 Å². The van der Waals surface area contributed by atoms with Crippen molar-refractivity contribution in [3.8, 4) is 11.1 Å². The fourth-order valence-electron chi connectivity index (χ4n) is 6.87. The third kappa shape index (κ3) is 7.09. The van der Waals surface area contributed by atoms with Gasteiger partial charge in [0.2, 0.25) is 0 Å². The third-order valence-electron chi connectivity index (χ3n) is 9.43. The Labute approximate surface area is 283 Å². The molecular weight excluding hydrogens is 636 g/mol. The number of nitrogens with zero attached hydrogens (tertiary/aromatic N) is 2. The predicted octanol–water partition coefficient (Wildman–Crippen LogP) is 4.57. The molecule has 7 atom stereocenters. The molecule has 0 aromatic heterocycles. The van der Waals surface area contributed by atoms with Gasteiger partial charge in [0.05, 0.1) is 35.8 Å². The quantitative estimate of drug-likeness (QED) is 0.224. The zero-order valence-electron chi connectivity index (χ0n) is 27.5. The maximum Gasteiger partial charge on any atom is 0.410 e. The van der Waals surface area contributed by atoms with E-state index in [1.165, 1.54) is 20.1 Å². The average molecular weight is 677 g/mol. The van der Waals surface area contributed by atoms with E-state index in [0.717, 1.165) is 22.3 Å². The van der Waals surface area contributed by atoms with E-state index in [2.05, 4.69) is 24.3 Å². The number of amides is 1. The highest BCUT2D eigenvalue weighted by molar-refractivity contribution is 5.88. The third-order valence-corrected chi connectivity index (χ3v) is 9.43. The minimum Gasteiger partial charge on any atom is -0.448 e. The first-order valence-corrected chi connectivity index (χ1v) is 16.3. The van der Waals surface area contributed by atoms with Crippen LogP contribution in [-0.2, 0) is 39.8 Å². The van der Waals surface area contributed by atoms with Gasteiger partial charge in [0.1, 0.15) is 24.9 Å². The van der Waals surface area contributed by atoms with Crippen molar-refractivity contribution in [2.75, 3.05) is 26.9 Å². The SMILES string of the molecule is CCN(C(=O)OCC1c2ccccc2-c2ccccc21)[C@H]1CO[C@@H](O[C@H]2[C@H](OCc3ccccc3[N+](=O)[O-])O[C@H](C)C(=O)[C@@H]2O)C[C@@H]1OC. The Bertz CT molecular complexity index is 1620. The van der Waals surface area contributed by atoms with Gasteiger partial charge in [0.25, 0.3) is 5.69 Å². The summed E-state index contributed by atoms with van der Waals surface area (Å²) in [5, 5.41) is 22.4. The summed E-state index contributed by atoms with van der Waals surface area (Å²) in [4.78, 5) is 38.8. The Morgan fingerprint density at radius 2 is 1.69 bits per heavy atom. The summed E-state index contributed by atoms with van der Waals surface area (Å²) >= 11 is 0. The molecule has 0 saturated carbocycles. The second-order valence-corrected chi connectivity index (χ2v) is 12.2. The number of Topliss-reactive ketones (excluding diaryl/α,β-unsaturated/α-hetero) is 1. The minimum absolute atomic E-state index is 0.0248. The van der Waals surface area contributed by atoms with E-state index in [9.17, 15) is 24.8 Å². The number of carbonyl (C=O) groups is 2. The molecule has 3 aromatic carbocycles. The highest BCUT2D eigenvalue weighted by atomic mass is 16.7.